The van der Waals surface area contributed by atoms with Crippen LogP contribution in [0, 0.1) is 18.3 Å². The highest BCUT2D eigenvalue weighted by atomic mass is 19.4. The molecule has 8 heteroatoms. The monoisotopic (exact) mass is 386 g/mol. The first kappa shape index (κ1) is 19.4. The van der Waals surface area contributed by atoms with Gasteiger partial charge in [-0.3, -0.25) is 14.6 Å². The summed E-state index contributed by atoms with van der Waals surface area (Å²) in [6.07, 6.45) is -3.14. The number of hydrogen-bond acceptors (Lipinski definition) is 4. The van der Waals surface area contributed by atoms with Crippen LogP contribution in [0.15, 0.2) is 48.9 Å². The maximum Gasteiger partial charge on any atom is 0.417 e. The Morgan fingerprint density at radius 2 is 1.89 bits per heavy atom. The number of alkyl halides is 3. The summed E-state index contributed by atoms with van der Waals surface area (Å²) in [5.74, 6) is 0.208. The summed E-state index contributed by atoms with van der Waals surface area (Å²) in [6.45, 7) is 9.10. The van der Waals surface area contributed by atoms with Gasteiger partial charge in [0.2, 0.25) is 0 Å². The van der Waals surface area contributed by atoms with E-state index in [4.69, 9.17) is 5.26 Å². The van der Waals surface area contributed by atoms with Crippen molar-refractivity contribution in [3.63, 3.8) is 0 Å². The number of aromatic nitrogens is 1. The molecule has 0 radical (unpaired) electrons. The highest BCUT2D eigenvalue weighted by Gasteiger charge is 2.50. The molecule has 1 aromatic carbocycles. The summed E-state index contributed by atoms with van der Waals surface area (Å²) in [5.41, 5.74) is -1.81. The minimum absolute atomic E-state index is 0.00967. The number of aryl methyl sites for hydroxylation is 1. The van der Waals surface area contributed by atoms with Crippen LogP contribution in [0.3, 0.4) is 0 Å². The molecule has 1 aliphatic rings. The molecule has 0 unspecified atom stereocenters. The fourth-order valence-electron chi connectivity index (χ4n) is 3.24. The second-order valence-electron chi connectivity index (χ2n) is 6.98. The van der Waals surface area contributed by atoms with Gasteiger partial charge in [-0.15, -0.1) is 0 Å². The van der Waals surface area contributed by atoms with Crippen LogP contribution < -0.4 is 9.80 Å². The van der Waals surface area contributed by atoms with E-state index in [1.807, 2.05) is 6.92 Å². The van der Waals surface area contributed by atoms with E-state index in [0.717, 1.165) is 22.6 Å². The van der Waals surface area contributed by atoms with Crippen LogP contribution in [0.2, 0.25) is 0 Å². The standard InChI is InChI=1S/C20H17F3N4O/c1-12-7-8-25-17(9-12)27-13(2)26(18(28)19(27,3)4)15-6-5-14(11-24)16(10-15)20(21,22)23/h5-10H,2H2,1,3-4H3. The Kier molecular flexibility index (Phi) is 4.42. The number of amides is 1. The Labute approximate surface area is 160 Å². The molecule has 0 bridgehead atoms. The maximum absolute atomic E-state index is 13.3. The summed E-state index contributed by atoms with van der Waals surface area (Å²) in [4.78, 5) is 20.1. The fraction of sp³-hybridized carbons (Fsp3) is 0.250. The van der Waals surface area contributed by atoms with Crippen molar-refractivity contribution < 1.29 is 18.0 Å². The van der Waals surface area contributed by atoms with Gasteiger partial charge < -0.3 is 0 Å². The van der Waals surface area contributed by atoms with Crippen molar-refractivity contribution >= 4 is 17.4 Å². The predicted octanol–water partition coefficient (Wildman–Crippen LogP) is 4.38. The number of carbonyl (C=O) groups excluding carboxylic acids is 1. The van der Waals surface area contributed by atoms with Crippen LogP contribution in [-0.4, -0.2) is 16.4 Å². The molecule has 2 heterocycles. The molecule has 1 aliphatic heterocycles. The van der Waals surface area contributed by atoms with Gasteiger partial charge in [0.15, 0.2) is 0 Å². The van der Waals surface area contributed by atoms with Crippen molar-refractivity contribution in [1.29, 1.82) is 5.26 Å². The van der Waals surface area contributed by atoms with Crippen molar-refractivity contribution in [2.24, 2.45) is 0 Å². The van der Waals surface area contributed by atoms with Crippen LogP contribution in [0.4, 0.5) is 24.7 Å². The van der Waals surface area contributed by atoms with Gasteiger partial charge in [-0.1, -0.05) is 6.58 Å². The fourth-order valence-corrected chi connectivity index (χ4v) is 3.24. The molecular formula is C20H17F3N4O. The lowest BCUT2D eigenvalue weighted by molar-refractivity contribution is -0.137. The lowest BCUT2D eigenvalue weighted by Gasteiger charge is -2.29. The second-order valence-corrected chi connectivity index (χ2v) is 6.98. The van der Waals surface area contributed by atoms with E-state index in [-0.39, 0.29) is 11.5 Å². The maximum atomic E-state index is 13.3. The van der Waals surface area contributed by atoms with E-state index >= 15 is 0 Å². The normalized spacial score (nSPS) is 16.5. The molecule has 5 nitrogen and oxygen atoms in total. The Bertz CT molecular complexity index is 1020. The third-order valence-electron chi connectivity index (χ3n) is 4.62. The van der Waals surface area contributed by atoms with Crippen LogP contribution in [0.25, 0.3) is 0 Å². The molecule has 0 N–H and O–H groups in total. The zero-order valence-electron chi connectivity index (χ0n) is 15.5. The number of carbonyl (C=O) groups is 1. The molecule has 1 saturated heterocycles. The predicted molar refractivity (Wildman–Crippen MR) is 98.3 cm³/mol. The molecule has 1 aromatic heterocycles. The molecule has 144 valence electrons. The highest BCUT2D eigenvalue weighted by Crippen LogP contribution is 2.41. The van der Waals surface area contributed by atoms with E-state index < -0.39 is 28.7 Å². The number of halogens is 3. The zero-order valence-corrected chi connectivity index (χ0v) is 15.5. The molecule has 0 atom stereocenters. The Morgan fingerprint density at radius 3 is 2.46 bits per heavy atom. The van der Waals surface area contributed by atoms with Gasteiger partial charge >= 0.3 is 6.18 Å². The van der Waals surface area contributed by atoms with Crippen molar-refractivity contribution in [1.82, 2.24) is 4.98 Å². The Morgan fingerprint density at radius 1 is 1.21 bits per heavy atom. The zero-order chi connectivity index (χ0) is 20.9. The molecule has 1 amide bonds. The van der Waals surface area contributed by atoms with Gasteiger partial charge in [-0.25, -0.2) is 4.98 Å². The van der Waals surface area contributed by atoms with Crippen LogP contribution in [0.5, 0.6) is 0 Å². The lowest BCUT2D eigenvalue weighted by Crippen LogP contribution is -2.43. The second kappa shape index (κ2) is 6.37. The third-order valence-corrected chi connectivity index (χ3v) is 4.62. The molecule has 3 rings (SSSR count). The summed E-state index contributed by atoms with van der Waals surface area (Å²) < 4.78 is 40.0. The van der Waals surface area contributed by atoms with Gasteiger partial charge in [0.1, 0.15) is 17.2 Å². The van der Waals surface area contributed by atoms with Crippen molar-refractivity contribution in [2.45, 2.75) is 32.5 Å². The van der Waals surface area contributed by atoms with Crippen molar-refractivity contribution in [2.75, 3.05) is 9.80 Å². The summed E-state index contributed by atoms with van der Waals surface area (Å²) in [7, 11) is 0. The molecule has 0 spiro atoms. The van der Waals surface area contributed by atoms with E-state index in [9.17, 15) is 18.0 Å². The van der Waals surface area contributed by atoms with Crippen LogP contribution in [-0.2, 0) is 11.0 Å². The summed E-state index contributed by atoms with van der Waals surface area (Å²) >= 11 is 0. The quantitative estimate of drug-likeness (QED) is 0.768. The smallest absolute Gasteiger partial charge is 0.298 e. The number of benzene rings is 1. The molecule has 0 saturated carbocycles. The summed E-state index contributed by atoms with van der Waals surface area (Å²) in [5, 5.41) is 8.98. The molecule has 2 aromatic rings. The lowest BCUT2D eigenvalue weighted by atomic mass is 10.0. The molecule has 28 heavy (non-hydrogen) atoms. The highest BCUT2D eigenvalue weighted by molar-refractivity contribution is 6.09. The van der Waals surface area contributed by atoms with E-state index in [1.165, 1.54) is 12.1 Å². The number of pyridine rings is 1. The number of rotatable bonds is 2. The first-order valence-corrected chi connectivity index (χ1v) is 8.36. The van der Waals surface area contributed by atoms with E-state index in [0.29, 0.717) is 5.82 Å². The van der Waals surface area contributed by atoms with Gasteiger partial charge in [-0.05, 0) is 56.7 Å². The van der Waals surface area contributed by atoms with Crippen molar-refractivity contribution in [3.05, 3.63) is 65.6 Å². The van der Waals surface area contributed by atoms with Gasteiger partial charge in [0.25, 0.3) is 5.91 Å². The first-order valence-electron chi connectivity index (χ1n) is 8.36. The number of anilines is 2. The largest absolute Gasteiger partial charge is 0.417 e. The third kappa shape index (κ3) is 2.99. The SMILES string of the molecule is C=C1N(c2ccc(C#N)c(C(F)(F)F)c2)C(=O)C(C)(C)N1c1cc(C)ccn1. The number of nitriles is 1. The molecular weight excluding hydrogens is 369 g/mol. The topological polar surface area (TPSA) is 60.2 Å². The first-order chi connectivity index (χ1) is 13.0. The Balaban J connectivity index is 2.13. The van der Waals surface area contributed by atoms with Gasteiger partial charge in [0, 0.05) is 6.20 Å². The Hall–Kier alpha value is -3.34. The minimum Gasteiger partial charge on any atom is -0.298 e. The summed E-state index contributed by atoms with van der Waals surface area (Å²) in [6, 6.07) is 8.25. The number of hydrogen-bond donors (Lipinski definition) is 0. The average molecular weight is 386 g/mol. The average Bonchev–Trinajstić information content (AvgIpc) is 2.78. The number of nitrogens with zero attached hydrogens (tertiary/aromatic N) is 4. The molecule has 1 fully saturated rings. The van der Waals surface area contributed by atoms with E-state index in [2.05, 4.69) is 11.6 Å². The van der Waals surface area contributed by atoms with Gasteiger partial charge in [0.05, 0.1) is 22.9 Å². The van der Waals surface area contributed by atoms with Crippen molar-refractivity contribution in [3.8, 4) is 6.07 Å². The van der Waals surface area contributed by atoms with Gasteiger partial charge in [-0.2, -0.15) is 18.4 Å². The van der Waals surface area contributed by atoms with E-state index in [1.54, 1.807) is 37.1 Å². The minimum atomic E-state index is -4.72. The molecule has 0 aliphatic carbocycles. The van der Waals surface area contributed by atoms with Crippen LogP contribution in [0.1, 0.15) is 30.5 Å². The van der Waals surface area contributed by atoms with Crippen LogP contribution >= 0.6 is 0 Å².